The zero-order chi connectivity index (χ0) is 20.4. The van der Waals surface area contributed by atoms with Gasteiger partial charge in [0.25, 0.3) is 5.56 Å². The highest BCUT2D eigenvalue weighted by Crippen LogP contribution is 2.28. The van der Waals surface area contributed by atoms with Gasteiger partial charge in [0.2, 0.25) is 11.7 Å². The lowest BCUT2D eigenvalue weighted by atomic mass is 9.97. The third kappa shape index (κ3) is 4.34. The number of hydrogen-bond acceptors (Lipinski definition) is 7. The van der Waals surface area contributed by atoms with E-state index in [2.05, 4.69) is 20.4 Å². The molecule has 9 heteroatoms. The first-order valence-corrected chi connectivity index (χ1v) is 10.2. The van der Waals surface area contributed by atoms with E-state index in [0.29, 0.717) is 42.9 Å². The van der Waals surface area contributed by atoms with Gasteiger partial charge in [0.05, 0.1) is 12.2 Å². The Bertz CT molecular complexity index is 927. The molecule has 2 aromatic heterocycles. The van der Waals surface area contributed by atoms with Gasteiger partial charge in [-0.15, -0.1) is 0 Å². The van der Waals surface area contributed by atoms with Crippen molar-refractivity contribution in [2.24, 2.45) is 5.92 Å². The molecule has 4 heterocycles. The topological polar surface area (TPSA) is 113 Å². The highest BCUT2D eigenvalue weighted by Gasteiger charge is 2.29. The monoisotopic (exact) mass is 401 g/mol. The summed E-state index contributed by atoms with van der Waals surface area (Å²) < 4.78 is 10.8. The number of pyridine rings is 1. The minimum atomic E-state index is -0.266. The molecule has 0 spiro atoms. The molecular formula is C20H27N5O4. The van der Waals surface area contributed by atoms with E-state index in [9.17, 15) is 9.59 Å². The van der Waals surface area contributed by atoms with Crippen molar-refractivity contribution >= 4 is 6.09 Å². The van der Waals surface area contributed by atoms with Crippen molar-refractivity contribution in [1.82, 2.24) is 25.3 Å². The fourth-order valence-electron chi connectivity index (χ4n) is 3.74. The summed E-state index contributed by atoms with van der Waals surface area (Å²) in [4.78, 5) is 33.7. The van der Waals surface area contributed by atoms with Crippen molar-refractivity contribution in [2.45, 2.75) is 45.6 Å². The minimum Gasteiger partial charge on any atom is -0.449 e. The van der Waals surface area contributed by atoms with Crippen LogP contribution in [-0.2, 0) is 17.7 Å². The molecule has 0 atom stereocenters. The van der Waals surface area contributed by atoms with Gasteiger partial charge < -0.3 is 24.5 Å². The molecule has 2 aromatic rings. The second kappa shape index (κ2) is 8.36. The maximum absolute atomic E-state index is 12.4. The number of amides is 1. The molecule has 0 radical (unpaired) electrons. The average molecular weight is 401 g/mol. The first kappa shape index (κ1) is 19.6. The Kier molecular flexibility index (Phi) is 5.66. The van der Waals surface area contributed by atoms with Crippen molar-refractivity contribution in [1.29, 1.82) is 0 Å². The molecular weight excluding hydrogens is 374 g/mol. The lowest BCUT2D eigenvalue weighted by Gasteiger charge is -2.29. The SMILES string of the molecule is CC(C)COC(=O)N1CCC(c2nc(-c3cc4c([nH]c3=O)CCNC4)no2)CC1. The highest BCUT2D eigenvalue weighted by molar-refractivity contribution is 5.67. The van der Waals surface area contributed by atoms with Crippen molar-refractivity contribution in [3.8, 4) is 11.4 Å². The normalized spacial score (nSPS) is 17.4. The van der Waals surface area contributed by atoms with E-state index in [1.807, 2.05) is 19.9 Å². The van der Waals surface area contributed by atoms with E-state index in [0.717, 1.165) is 43.6 Å². The Morgan fingerprint density at radius 2 is 2.17 bits per heavy atom. The minimum absolute atomic E-state index is 0.0729. The molecule has 2 aliphatic rings. The summed E-state index contributed by atoms with van der Waals surface area (Å²) in [5, 5.41) is 7.34. The van der Waals surface area contributed by atoms with Crippen molar-refractivity contribution < 1.29 is 14.1 Å². The smallest absolute Gasteiger partial charge is 0.409 e. The van der Waals surface area contributed by atoms with Crippen LogP contribution in [0.15, 0.2) is 15.4 Å². The van der Waals surface area contributed by atoms with Crippen LogP contribution in [0.3, 0.4) is 0 Å². The molecule has 1 saturated heterocycles. The standard InChI is InChI=1S/C20H27N5O4/c1-12(2)11-28-20(27)25-7-4-13(5-8-25)19-23-17(24-29-19)15-9-14-10-21-6-3-16(14)22-18(15)26/h9,12-13,21H,3-8,10-11H2,1-2H3,(H,22,26). The van der Waals surface area contributed by atoms with Crippen molar-refractivity contribution in [3.05, 3.63) is 33.6 Å². The van der Waals surface area contributed by atoms with Crippen LogP contribution in [0.1, 0.15) is 49.8 Å². The molecule has 4 rings (SSSR count). The number of nitrogens with zero attached hydrogens (tertiary/aromatic N) is 3. The maximum Gasteiger partial charge on any atom is 0.409 e. The molecule has 0 aromatic carbocycles. The lowest BCUT2D eigenvalue weighted by molar-refractivity contribution is 0.0817. The van der Waals surface area contributed by atoms with Crippen LogP contribution in [0.25, 0.3) is 11.4 Å². The molecule has 0 bridgehead atoms. The highest BCUT2D eigenvalue weighted by atomic mass is 16.6. The van der Waals surface area contributed by atoms with Crippen LogP contribution in [0.5, 0.6) is 0 Å². The zero-order valence-electron chi connectivity index (χ0n) is 16.9. The molecule has 2 N–H and O–H groups in total. The van der Waals surface area contributed by atoms with E-state index < -0.39 is 0 Å². The number of aromatic amines is 1. The van der Waals surface area contributed by atoms with Gasteiger partial charge >= 0.3 is 6.09 Å². The molecule has 0 unspecified atom stereocenters. The fraction of sp³-hybridized carbons (Fsp3) is 0.600. The molecule has 1 fully saturated rings. The van der Waals surface area contributed by atoms with Crippen LogP contribution in [-0.4, -0.2) is 52.4 Å². The Balaban J connectivity index is 1.42. The second-order valence-electron chi connectivity index (χ2n) is 8.13. The summed E-state index contributed by atoms with van der Waals surface area (Å²) in [5.74, 6) is 1.22. The number of carbonyl (C=O) groups excluding carboxylic acids is 1. The average Bonchev–Trinajstić information content (AvgIpc) is 3.21. The molecule has 0 saturated carbocycles. The quantitative estimate of drug-likeness (QED) is 0.806. The molecule has 29 heavy (non-hydrogen) atoms. The van der Waals surface area contributed by atoms with Gasteiger partial charge in [0.15, 0.2) is 0 Å². The Morgan fingerprint density at radius 3 is 2.93 bits per heavy atom. The van der Waals surface area contributed by atoms with Crippen LogP contribution in [0, 0.1) is 5.92 Å². The largest absolute Gasteiger partial charge is 0.449 e. The predicted molar refractivity (Wildman–Crippen MR) is 105 cm³/mol. The van der Waals surface area contributed by atoms with E-state index in [4.69, 9.17) is 9.26 Å². The number of fused-ring (bicyclic) bond motifs is 1. The van der Waals surface area contributed by atoms with Gasteiger partial charge in [0, 0.05) is 44.2 Å². The summed E-state index contributed by atoms with van der Waals surface area (Å²) in [5.41, 5.74) is 2.27. The number of carbonyl (C=O) groups is 1. The molecule has 156 valence electrons. The van der Waals surface area contributed by atoms with Gasteiger partial charge in [-0.2, -0.15) is 4.98 Å². The number of ether oxygens (including phenoxy) is 1. The molecule has 9 nitrogen and oxygen atoms in total. The van der Waals surface area contributed by atoms with Crippen LogP contribution in [0.4, 0.5) is 4.79 Å². The third-order valence-corrected chi connectivity index (χ3v) is 5.41. The van der Waals surface area contributed by atoms with E-state index in [-0.39, 0.29) is 17.6 Å². The van der Waals surface area contributed by atoms with Gasteiger partial charge in [0.1, 0.15) is 0 Å². The van der Waals surface area contributed by atoms with Gasteiger partial charge in [-0.25, -0.2) is 4.79 Å². The van der Waals surface area contributed by atoms with E-state index in [1.165, 1.54) is 0 Å². The van der Waals surface area contributed by atoms with Crippen molar-refractivity contribution in [2.75, 3.05) is 26.2 Å². The third-order valence-electron chi connectivity index (χ3n) is 5.41. The number of rotatable bonds is 4. The summed E-state index contributed by atoms with van der Waals surface area (Å²) in [6.45, 7) is 7.20. The van der Waals surface area contributed by atoms with Gasteiger partial charge in [-0.05, 0) is 30.4 Å². The lowest BCUT2D eigenvalue weighted by Crippen LogP contribution is -2.38. The van der Waals surface area contributed by atoms with Crippen LogP contribution in [0.2, 0.25) is 0 Å². The predicted octanol–water partition coefficient (Wildman–Crippen LogP) is 2.04. The Morgan fingerprint density at radius 1 is 1.38 bits per heavy atom. The summed E-state index contributed by atoms with van der Waals surface area (Å²) >= 11 is 0. The summed E-state index contributed by atoms with van der Waals surface area (Å²) in [7, 11) is 0. The first-order valence-electron chi connectivity index (χ1n) is 10.2. The zero-order valence-corrected chi connectivity index (χ0v) is 16.9. The Hall–Kier alpha value is -2.68. The number of nitrogens with one attached hydrogen (secondary N) is 2. The number of hydrogen-bond donors (Lipinski definition) is 2. The fourth-order valence-corrected chi connectivity index (χ4v) is 3.74. The summed E-state index contributed by atoms with van der Waals surface area (Å²) in [6, 6.07) is 1.85. The number of aromatic nitrogens is 3. The Labute approximate surface area is 168 Å². The van der Waals surface area contributed by atoms with E-state index in [1.54, 1.807) is 4.90 Å². The van der Waals surface area contributed by atoms with E-state index >= 15 is 0 Å². The molecule has 2 aliphatic heterocycles. The summed E-state index contributed by atoms with van der Waals surface area (Å²) in [6.07, 6.45) is 1.99. The number of H-pyrrole nitrogens is 1. The van der Waals surface area contributed by atoms with Gasteiger partial charge in [-0.3, -0.25) is 4.79 Å². The van der Waals surface area contributed by atoms with Crippen LogP contribution < -0.4 is 10.9 Å². The number of likely N-dealkylation sites (tertiary alicyclic amines) is 1. The number of piperidine rings is 1. The van der Waals surface area contributed by atoms with Crippen molar-refractivity contribution in [3.63, 3.8) is 0 Å². The first-order chi connectivity index (χ1) is 14.0. The molecule has 1 amide bonds. The second-order valence-corrected chi connectivity index (χ2v) is 8.13. The maximum atomic E-state index is 12.4. The van der Waals surface area contributed by atoms with Gasteiger partial charge in [-0.1, -0.05) is 19.0 Å². The molecule has 0 aliphatic carbocycles. The van der Waals surface area contributed by atoms with Crippen LogP contribution >= 0.6 is 0 Å².